The van der Waals surface area contributed by atoms with E-state index >= 15 is 0 Å². The number of fused-ring (bicyclic) bond motifs is 1. The Labute approximate surface area is 130 Å². The average Bonchev–Trinajstić information content (AvgIpc) is 3.12. The van der Waals surface area contributed by atoms with Crippen LogP contribution in [0.3, 0.4) is 0 Å². The highest BCUT2D eigenvalue weighted by Gasteiger charge is 2.16. The van der Waals surface area contributed by atoms with Crippen molar-refractivity contribution in [2.24, 2.45) is 0 Å². The molecule has 0 aliphatic heterocycles. The molecule has 0 radical (unpaired) electrons. The summed E-state index contributed by atoms with van der Waals surface area (Å²) in [6.45, 7) is 0.513. The number of rotatable bonds is 4. The smallest absolute Gasteiger partial charge is 0.263 e. The lowest BCUT2D eigenvalue weighted by Crippen LogP contribution is -2.22. The lowest BCUT2D eigenvalue weighted by atomic mass is 10.2. The number of methoxy groups -OCH3 is 1. The minimum Gasteiger partial charge on any atom is -0.497 e. The Bertz CT molecular complexity index is 778. The normalized spacial score (nSPS) is 10.7. The molecule has 0 aliphatic carbocycles. The lowest BCUT2D eigenvalue weighted by molar-refractivity contribution is 0.0956. The molecular formula is C15H14N2O2S2. The van der Waals surface area contributed by atoms with Gasteiger partial charge in [-0.05, 0) is 40.6 Å². The minimum absolute atomic E-state index is 0.140. The third-order valence-corrected chi connectivity index (χ3v) is 5.07. The first-order valence-electron chi connectivity index (χ1n) is 6.34. The maximum atomic E-state index is 12.3. The summed E-state index contributed by atoms with van der Waals surface area (Å²) in [5.41, 5.74) is 7.71. The van der Waals surface area contributed by atoms with E-state index in [4.69, 9.17) is 10.5 Å². The Kier molecular flexibility index (Phi) is 3.81. The van der Waals surface area contributed by atoms with Crippen LogP contribution >= 0.6 is 22.7 Å². The highest BCUT2D eigenvalue weighted by atomic mass is 32.1. The molecule has 0 atom stereocenters. The van der Waals surface area contributed by atoms with Gasteiger partial charge in [0.05, 0.1) is 12.8 Å². The molecule has 4 nitrogen and oxygen atoms in total. The van der Waals surface area contributed by atoms with Crippen molar-refractivity contribution in [3.8, 4) is 5.75 Å². The SMILES string of the molecule is COc1ccc2c(N)c(C(=O)NCc3ccsc3)sc2c1. The fourth-order valence-corrected chi connectivity index (χ4v) is 3.78. The molecule has 1 aromatic carbocycles. The van der Waals surface area contributed by atoms with Gasteiger partial charge in [0.1, 0.15) is 10.6 Å². The van der Waals surface area contributed by atoms with E-state index in [-0.39, 0.29) is 5.91 Å². The monoisotopic (exact) mass is 318 g/mol. The first kappa shape index (κ1) is 13.9. The molecule has 0 saturated carbocycles. The van der Waals surface area contributed by atoms with Crippen LogP contribution in [-0.4, -0.2) is 13.0 Å². The predicted octanol–water partition coefficient (Wildman–Crippen LogP) is 3.48. The number of ether oxygens (including phenoxy) is 1. The van der Waals surface area contributed by atoms with Crippen LogP contribution in [0.4, 0.5) is 5.69 Å². The Morgan fingerprint density at radius 1 is 1.38 bits per heavy atom. The Balaban J connectivity index is 1.85. The summed E-state index contributed by atoms with van der Waals surface area (Å²) in [6, 6.07) is 7.62. The molecule has 3 N–H and O–H groups in total. The molecule has 0 bridgehead atoms. The molecule has 2 aromatic heterocycles. The second-order valence-corrected chi connectivity index (χ2v) is 6.35. The van der Waals surface area contributed by atoms with Crippen molar-refractivity contribution >= 4 is 44.4 Å². The van der Waals surface area contributed by atoms with Crippen molar-refractivity contribution in [3.63, 3.8) is 0 Å². The molecule has 0 saturated heterocycles. The zero-order chi connectivity index (χ0) is 14.8. The largest absolute Gasteiger partial charge is 0.497 e. The van der Waals surface area contributed by atoms with Gasteiger partial charge < -0.3 is 15.8 Å². The van der Waals surface area contributed by atoms with Gasteiger partial charge in [-0.3, -0.25) is 4.79 Å². The van der Waals surface area contributed by atoms with E-state index in [9.17, 15) is 4.79 Å². The van der Waals surface area contributed by atoms with E-state index in [0.29, 0.717) is 17.1 Å². The van der Waals surface area contributed by atoms with E-state index in [1.807, 2.05) is 35.0 Å². The topological polar surface area (TPSA) is 64.3 Å². The molecular weight excluding hydrogens is 304 g/mol. The van der Waals surface area contributed by atoms with E-state index in [2.05, 4.69) is 5.32 Å². The van der Waals surface area contributed by atoms with Gasteiger partial charge in [-0.15, -0.1) is 11.3 Å². The van der Waals surface area contributed by atoms with Gasteiger partial charge in [-0.2, -0.15) is 11.3 Å². The molecule has 21 heavy (non-hydrogen) atoms. The van der Waals surface area contributed by atoms with Crippen molar-refractivity contribution in [2.45, 2.75) is 6.54 Å². The fraction of sp³-hybridized carbons (Fsp3) is 0.133. The van der Waals surface area contributed by atoms with Gasteiger partial charge in [0.15, 0.2) is 0 Å². The van der Waals surface area contributed by atoms with Gasteiger partial charge in [-0.1, -0.05) is 0 Å². The zero-order valence-corrected chi connectivity index (χ0v) is 13.0. The first-order valence-corrected chi connectivity index (χ1v) is 8.10. The average molecular weight is 318 g/mol. The van der Waals surface area contributed by atoms with Crippen LogP contribution in [0.5, 0.6) is 5.75 Å². The molecule has 0 fully saturated rings. The Morgan fingerprint density at radius 2 is 2.24 bits per heavy atom. The number of nitrogen functional groups attached to an aromatic ring is 1. The summed E-state index contributed by atoms with van der Waals surface area (Å²) < 4.78 is 6.15. The standard InChI is InChI=1S/C15H14N2O2S2/c1-19-10-2-3-11-12(6-10)21-14(13(11)16)15(18)17-7-9-4-5-20-8-9/h2-6,8H,7,16H2,1H3,(H,17,18). The quantitative estimate of drug-likeness (QED) is 0.774. The van der Waals surface area contributed by atoms with Crippen molar-refractivity contribution in [1.82, 2.24) is 5.32 Å². The van der Waals surface area contributed by atoms with Crippen LogP contribution in [0.2, 0.25) is 0 Å². The second-order valence-electron chi connectivity index (χ2n) is 4.52. The summed E-state index contributed by atoms with van der Waals surface area (Å²) in [7, 11) is 1.62. The molecule has 1 amide bonds. The van der Waals surface area contributed by atoms with Crippen LogP contribution in [0.15, 0.2) is 35.0 Å². The van der Waals surface area contributed by atoms with Crippen LogP contribution in [0, 0.1) is 0 Å². The summed E-state index contributed by atoms with van der Waals surface area (Å²) in [5.74, 6) is 0.618. The molecule has 0 spiro atoms. The number of carbonyl (C=O) groups is 1. The van der Waals surface area contributed by atoms with E-state index in [1.54, 1.807) is 18.4 Å². The van der Waals surface area contributed by atoms with Gasteiger partial charge in [0, 0.05) is 16.6 Å². The maximum absolute atomic E-state index is 12.3. The number of benzene rings is 1. The molecule has 108 valence electrons. The molecule has 0 aliphatic rings. The van der Waals surface area contributed by atoms with Crippen molar-refractivity contribution in [1.29, 1.82) is 0 Å². The van der Waals surface area contributed by atoms with Crippen molar-refractivity contribution < 1.29 is 9.53 Å². The molecule has 3 aromatic rings. The third kappa shape index (κ3) is 2.72. The first-order chi connectivity index (χ1) is 10.2. The third-order valence-electron chi connectivity index (χ3n) is 3.17. The van der Waals surface area contributed by atoms with E-state index in [1.165, 1.54) is 11.3 Å². The van der Waals surface area contributed by atoms with Crippen molar-refractivity contribution in [2.75, 3.05) is 12.8 Å². The number of hydrogen-bond acceptors (Lipinski definition) is 5. The van der Waals surface area contributed by atoms with Crippen LogP contribution in [-0.2, 0) is 6.54 Å². The summed E-state index contributed by atoms with van der Waals surface area (Å²) in [5, 5.41) is 7.79. The zero-order valence-electron chi connectivity index (χ0n) is 11.4. The predicted molar refractivity (Wildman–Crippen MR) is 88.3 cm³/mol. The number of anilines is 1. The number of nitrogens with two attached hydrogens (primary N) is 1. The fourth-order valence-electron chi connectivity index (χ4n) is 2.05. The summed E-state index contributed by atoms with van der Waals surface area (Å²) >= 11 is 3.00. The molecule has 6 heteroatoms. The molecule has 0 unspecified atom stereocenters. The highest BCUT2D eigenvalue weighted by Crippen LogP contribution is 2.35. The number of thiophene rings is 2. The van der Waals surface area contributed by atoms with Crippen LogP contribution in [0.1, 0.15) is 15.2 Å². The number of carbonyl (C=O) groups excluding carboxylic acids is 1. The second kappa shape index (κ2) is 5.75. The maximum Gasteiger partial charge on any atom is 0.263 e. The van der Waals surface area contributed by atoms with Crippen LogP contribution < -0.4 is 15.8 Å². The number of amides is 1. The summed E-state index contributed by atoms with van der Waals surface area (Å²) in [6.07, 6.45) is 0. The highest BCUT2D eigenvalue weighted by molar-refractivity contribution is 7.21. The van der Waals surface area contributed by atoms with Gasteiger partial charge >= 0.3 is 0 Å². The summed E-state index contributed by atoms with van der Waals surface area (Å²) in [4.78, 5) is 12.8. The number of hydrogen-bond donors (Lipinski definition) is 2. The van der Waals surface area contributed by atoms with Gasteiger partial charge in [-0.25, -0.2) is 0 Å². The van der Waals surface area contributed by atoms with Crippen molar-refractivity contribution in [3.05, 3.63) is 45.5 Å². The lowest BCUT2D eigenvalue weighted by Gasteiger charge is -2.02. The minimum atomic E-state index is -0.140. The van der Waals surface area contributed by atoms with Crippen LogP contribution in [0.25, 0.3) is 10.1 Å². The number of nitrogens with one attached hydrogen (secondary N) is 1. The van der Waals surface area contributed by atoms with Gasteiger partial charge in [0.25, 0.3) is 5.91 Å². The van der Waals surface area contributed by atoms with Gasteiger partial charge in [0.2, 0.25) is 0 Å². The molecule has 2 heterocycles. The van der Waals surface area contributed by atoms with E-state index < -0.39 is 0 Å². The van der Waals surface area contributed by atoms with E-state index in [0.717, 1.165) is 21.4 Å². The Hall–Kier alpha value is -2.05. The molecule has 3 rings (SSSR count). The Morgan fingerprint density at radius 3 is 2.95 bits per heavy atom.